The summed E-state index contributed by atoms with van der Waals surface area (Å²) in [6.45, 7) is 11.3. The van der Waals surface area contributed by atoms with Crippen molar-refractivity contribution >= 4 is 5.69 Å². The molecule has 156 valence electrons. The van der Waals surface area contributed by atoms with E-state index in [0.717, 1.165) is 32.1 Å². The summed E-state index contributed by atoms with van der Waals surface area (Å²) < 4.78 is 20.3. The number of nitrogens with zero attached hydrogens (tertiary/aromatic N) is 2. The summed E-state index contributed by atoms with van der Waals surface area (Å²) in [5.41, 5.74) is 1.16. The molecule has 3 fully saturated rings. The van der Waals surface area contributed by atoms with Crippen LogP contribution in [0.1, 0.15) is 40.0 Å². The van der Waals surface area contributed by atoms with Crippen LogP contribution in [0.2, 0.25) is 0 Å². The summed E-state index contributed by atoms with van der Waals surface area (Å²) in [6.07, 6.45) is 3.60. The van der Waals surface area contributed by atoms with Crippen LogP contribution in [0.3, 0.4) is 0 Å². The monoisotopic (exact) mass is 390 g/mol. The molecule has 1 N–H and O–H groups in total. The predicted octanol–water partition coefficient (Wildman–Crippen LogP) is 3.54. The van der Waals surface area contributed by atoms with E-state index in [1.54, 1.807) is 6.07 Å². The Labute approximate surface area is 168 Å². The Kier molecular flexibility index (Phi) is 5.45. The van der Waals surface area contributed by atoms with Crippen LogP contribution in [0.5, 0.6) is 0 Å². The second kappa shape index (κ2) is 7.58. The third-order valence-corrected chi connectivity index (χ3v) is 7.63. The SMILES string of the molecule is CC1(C)[C@H]2CC[C@](C)(C2)[C@H]1OC[C@H](O)CN1CCN(c2ccccc2F)CC1. The van der Waals surface area contributed by atoms with E-state index in [0.29, 0.717) is 18.8 Å². The summed E-state index contributed by atoms with van der Waals surface area (Å²) >= 11 is 0. The molecule has 0 unspecified atom stereocenters. The Morgan fingerprint density at radius 1 is 1.18 bits per heavy atom. The number of fused-ring (bicyclic) bond motifs is 2. The summed E-state index contributed by atoms with van der Waals surface area (Å²) in [5.74, 6) is 0.595. The maximum Gasteiger partial charge on any atom is 0.146 e. The summed E-state index contributed by atoms with van der Waals surface area (Å²) in [7, 11) is 0. The standard InChI is InChI=1S/C23H35FN2O2/c1-22(2)17-8-9-23(3,14-17)21(22)28-16-18(27)15-25-10-12-26(13-11-25)20-7-5-4-6-19(20)24/h4-7,17-18,21,27H,8-16H2,1-3H3/t17-,18+,21-,23+/m0/s1. The summed E-state index contributed by atoms with van der Waals surface area (Å²) in [5, 5.41) is 10.6. The zero-order valence-electron chi connectivity index (χ0n) is 17.5. The Morgan fingerprint density at radius 2 is 1.89 bits per heavy atom. The van der Waals surface area contributed by atoms with Gasteiger partial charge in [-0.3, -0.25) is 4.90 Å². The molecule has 0 radical (unpaired) electrons. The molecule has 3 aliphatic rings. The van der Waals surface area contributed by atoms with E-state index in [4.69, 9.17) is 4.74 Å². The number of para-hydroxylation sites is 1. The van der Waals surface area contributed by atoms with Gasteiger partial charge in [0.05, 0.1) is 24.5 Å². The lowest BCUT2D eigenvalue weighted by Crippen LogP contribution is -2.50. The van der Waals surface area contributed by atoms with E-state index in [9.17, 15) is 9.50 Å². The van der Waals surface area contributed by atoms with Crippen LogP contribution in [0, 0.1) is 22.6 Å². The number of halogens is 1. The Hall–Kier alpha value is -1.17. The highest BCUT2D eigenvalue weighted by molar-refractivity contribution is 5.47. The normalized spacial score (nSPS) is 33.4. The Bertz CT molecular complexity index is 684. The van der Waals surface area contributed by atoms with Gasteiger partial charge in [-0.1, -0.05) is 32.9 Å². The molecule has 1 aliphatic heterocycles. The number of aliphatic hydroxyl groups is 1. The lowest BCUT2D eigenvalue weighted by Gasteiger charge is -2.43. The first-order chi connectivity index (χ1) is 13.3. The van der Waals surface area contributed by atoms with E-state index < -0.39 is 6.10 Å². The number of piperazine rings is 1. The molecule has 1 heterocycles. The molecule has 0 amide bonds. The molecule has 2 bridgehead atoms. The van der Waals surface area contributed by atoms with Crippen LogP contribution in [0.4, 0.5) is 10.1 Å². The van der Waals surface area contributed by atoms with Gasteiger partial charge in [-0.05, 0) is 48.1 Å². The Morgan fingerprint density at radius 3 is 2.54 bits per heavy atom. The number of anilines is 1. The average molecular weight is 391 g/mol. The first kappa shape index (κ1) is 20.1. The van der Waals surface area contributed by atoms with Gasteiger partial charge in [0.1, 0.15) is 5.82 Å². The lowest BCUT2D eigenvalue weighted by atomic mass is 9.70. The fraction of sp³-hybridized carbons (Fsp3) is 0.739. The van der Waals surface area contributed by atoms with Gasteiger partial charge in [0, 0.05) is 32.7 Å². The van der Waals surface area contributed by atoms with Gasteiger partial charge in [0.25, 0.3) is 0 Å². The van der Waals surface area contributed by atoms with E-state index in [1.807, 2.05) is 12.1 Å². The highest BCUT2D eigenvalue weighted by Crippen LogP contribution is 2.63. The second-order valence-corrected chi connectivity index (χ2v) is 10.0. The molecule has 4 rings (SSSR count). The molecule has 4 nitrogen and oxygen atoms in total. The van der Waals surface area contributed by atoms with Gasteiger partial charge in [-0.15, -0.1) is 0 Å². The average Bonchev–Trinajstić information content (AvgIpc) is 3.14. The minimum absolute atomic E-state index is 0.161. The van der Waals surface area contributed by atoms with Gasteiger partial charge >= 0.3 is 0 Å². The highest BCUT2D eigenvalue weighted by Gasteiger charge is 2.60. The van der Waals surface area contributed by atoms with E-state index in [1.165, 1.54) is 25.3 Å². The zero-order chi connectivity index (χ0) is 19.9. The number of aliphatic hydroxyl groups excluding tert-OH is 1. The molecular formula is C23H35FN2O2. The molecule has 28 heavy (non-hydrogen) atoms. The van der Waals surface area contributed by atoms with Crippen LogP contribution in [-0.4, -0.2) is 61.5 Å². The van der Waals surface area contributed by atoms with Crippen LogP contribution in [-0.2, 0) is 4.74 Å². The molecule has 1 aromatic rings. The molecule has 2 saturated carbocycles. The zero-order valence-corrected chi connectivity index (χ0v) is 17.5. The molecule has 1 aromatic carbocycles. The van der Waals surface area contributed by atoms with Crippen molar-refractivity contribution < 1.29 is 14.2 Å². The van der Waals surface area contributed by atoms with E-state index in [2.05, 4.69) is 30.6 Å². The third kappa shape index (κ3) is 3.69. The first-order valence-electron chi connectivity index (χ1n) is 10.8. The van der Waals surface area contributed by atoms with Crippen molar-refractivity contribution in [2.45, 2.75) is 52.2 Å². The highest BCUT2D eigenvalue weighted by atomic mass is 19.1. The van der Waals surface area contributed by atoms with Gasteiger partial charge in [0.15, 0.2) is 0 Å². The van der Waals surface area contributed by atoms with Gasteiger partial charge < -0.3 is 14.7 Å². The Balaban J connectivity index is 1.24. The molecular weight excluding hydrogens is 355 g/mol. The number of rotatable bonds is 6. The largest absolute Gasteiger partial charge is 0.389 e. The van der Waals surface area contributed by atoms with Crippen molar-refractivity contribution in [1.29, 1.82) is 0 Å². The minimum atomic E-state index is -0.474. The van der Waals surface area contributed by atoms with Crippen LogP contribution in [0.15, 0.2) is 24.3 Å². The van der Waals surface area contributed by atoms with Gasteiger partial charge in [-0.2, -0.15) is 0 Å². The molecule has 2 aliphatic carbocycles. The van der Waals surface area contributed by atoms with Crippen LogP contribution in [0.25, 0.3) is 0 Å². The van der Waals surface area contributed by atoms with Crippen molar-refractivity contribution in [1.82, 2.24) is 4.90 Å². The third-order valence-electron chi connectivity index (χ3n) is 7.63. The fourth-order valence-corrected chi connectivity index (χ4v) is 6.11. The first-order valence-corrected chi connectivity index (χ1v) is 10.8. The van der Waals surface area contributed by atoms with Crippen LogP contribution >= 0.6 is 0 Å². The molecule has 5 heteroatoms. The molecule has 0 aromatic heterocycles. The van der Waals surface area contributed by atoms with Crippen molar-refractivity contribution in [2.75, 3.05) is 44.2 Å². The maximum atomic E-state index is 14.0. The van der Waals surface area contributed by atoms with E-state index in [-0.39, 0.29) is 22.8 Å². The van der Waals surface area contributed by atoms with E-state index >= 15 is 0 Å². The van der Waals surface area contributed by atoms with Crippen molar-refractivity contribution in [2.24, 2.45) is 16.7 Å². The number of benzene rings is 1. The fourth-order valence-electron chi connectivity index (χ4n) is 6.11. The minimum Gasteiger partial charge on any atom is -0.389 e. The number of ether oxygens (including phenoxy) is 1. The lowest BCUT2D eigenvalue weighted by molar-refractivity contribution is -0.113. The van der Waals surface area contributed by atoms with Gasteiger partial charge in [0.2, 0.25) is 0 Å². The summed E-state index contributed by atoms with van der Waals surface area (Å²) in [4.78, 5) is 4.35. The van der Waals surface area contributed by atoms with Crippen molar-refractivity contribution in [3.63, 3.8) is 0 Å². The number of hydrogen-bond acceptors (Lipinski definition) is 4. The quantitative estimate of drug-likeness (QED) is 0.806. The number of β-amino-alcohol motifs (C(OH)–C–C–N with tert-alkyl or cyclic N) is 1. The van der Waals surface area contributed by atoms with Crippen molar-refractivity contribution in [3.8, 4) is 0 Å². The second-order valence-electron chi connectivity index (χ2n) is 10.0. The van der Waals surface area contributed by atoms with Gasteiger partial charge in [-0.25, -0.2) is 4.39 Å². The molecule has 1 saturated heterocycles. The number of hydrogen-bond donors (Lipinski definition) is 1. The van der Waals surface area contributed by atoms with Crippen LogP contribution < -0.4 is 4.90 Å². The van der Waals surface area contributed by atoms with Crippen molar-refractivity contribution in [3.05, 3.63) is 30.1 Å². The topological polar surface area (TPSA) is 35.9 Å². The summed E-state index contributed by atoms with van der Waals surface area (Å²) in [6, 6.07) is 6.96. The molecule has 4 atom stereocenters. The molecule has 0 spiro atoms. The maximum absolute atomic E-state index is 14.0. The smallest absolute Gasteiger partial charge is 0.146 e. The predicted molar refractivity (Wildman–Crippen MR) is 110 cm³/mol.